The zero-order valence-electron chi connectivity index (χ0n) is 12.2. The molecular formula is C16H18N4O2. The highest BCUT2D eigenvalue weighted by atomic mass is 16.5. The summed E-state index contributed by atoms with van der Waals surface area (Å²) in [5.41, 5.74) is 0.814. The van der Waals surface area contributed by atoms with Gasteiger partial charge in [-0.1, -0.05) is 17.3 Å². The van der Waals surface area contributed by atoms with E-state index in [1.807, 2.05) is 12.1 Å². The van der Waals surface area contributed by atoms with Gasteiger partial charge >= 0.3 is 0 Å². The molecule has 1 atom stereocenters. The van der Waals surface area contributed by atoms with Crippen LogP contribution < -0.4 is 5.32 Å². The fourth-order valence-corrected chi connectivity index (χ4v) is 2.45. The van der Waals surface area contributed by atoms with Gasteiger partial charge in [-0.2, -0.15) is 4.98 Å². The number of amides is 1. The molecule has 0 saturated heterocycles. The Labute approximate surface area is 128 Å². The molecule has 0 spiro atoms. The Morgan fingerprint density at radius 3 is 3.18 bits per heavy atom. The SMILES string of the molecule is O=C(C[C@H]1C=CCC1)NCCc1nc(-c2cccnc2)no1. The molecule has 0 bridgehead atoms. The summed E-state index contributed by atoms with van der Waals surface area (Å²) in [5.74, 6) is 1.49. The van der Waals surface area contributed by atoms with Crippen LogP contribution in [0.3, 0.4) is 0 Å². The third-order valence-electron chi connectivity index (χ3n) is 3.61. The van der Waals surface area contributed by atoms with E-state index in [9.17, 15) is 4.79 Å². The fraction of sp³-hybridized carbons (Fsp3) is 0.375. The lowest BCUT2D eigenvalue weighted by molar-refractivity contribution is -0.121. The number of carbonyl (C=O) groups is 1. The van der Waals surface area contributed by atoms with Gasteiger partial charge in [0.25, 0.3) is 0 Å². The molecule has 3 rings (SSSR count). The van der Waals surface area contributed by atoms with Crippen LogP contribution in [0.4, 0.5) is 0 Å². The second kappa shape index (κ2) is 6.98. The molecule has 1 aliphatic carbocycles. The number of rotatable bonds is 6. The van der Waals surface area contributed by atoms with Gasteiger partial charge in [0.2, 0.25) is 17.6 Å². The van der Waals surface area contributed by atoms with E-state index in [-0.39, 0.29) is 5.91 Å². The molecule has 114 valence electrons. The molecule has 2 heterocycles. The van der Waals surface area contributed by atoms with Gasteiger partial charge < -0.3 is 9.84 Å². The number of hydrogen-bond donors (Lipinski definition) is 1. The topological polar surface area (TPSA) is 80.9 Å². The first kappa shape index (κ1) is 14.4. The van der Waals surface area contributed by atoms with E-state index in [0.717, 1.165) is 18.4 Å². The highest BCUT2D eigenvalue weighted by molar-refractivity contribution is 5.76. The van der Waals surface area contributed by atoms with E-state index >= 15 is 0 Å². The number of carbonyl (C=O) groups excluding carboxylic acids is 1. The second-order valence-electron chi connectivity index (χ2n) is 5.32. The molecule has 2 aromatic rings. The van der Waals surface area contributed by atoms with Gasteiger partial charge in [-0.3, -0.25) is 9.78 Å². The summed E-state index contributed by atoms with van der Waals surface area (Å²) in [5, 5.41) is 6.81. The molecule has 22 heavy (non-hydrogen) atoms. The minimum Gasteiger partial charge on any atom is -0.356 e. The third-order valence-corrected chi connectivity index (χ3v) is 3.61. The highest BCUT2D eigenvalue weighted by Crippen LogP contribution is 2.20. The normalized spacial score (nSPS) is 16.8. The largest absolute Gasteiger partial charge is 0.356 e. The van der Waals surface area contributed by atoms with E-state index in [1.54, 1.807) is 12.4 Å². The summed E-state index contributed by atoms with van der Waals surface area (Å²) in [7, 11) is 0. The molecule has 0 radical (unpaired) electrons. The summed E-state index contributed by atoms with van der Waals surface area (Å²) in [4.78, 5) is 20.1. The zero-order chi connectivity index (χ0) is 15.2. The molecule has 6 heteroatoms. The average molecular weight is 298 g/mol. The van der Waals surface area contributed by atoms with E-state index in [4.69, 9.17) is 4.52 Å². The van der Waals surface area contributed by atoms with Crippen LogP contribution in [0.2, 0.25) is 0 Å². The van der Waals surface area contributed by atoms with Crippen LogP contribution in [0.1, 0.15) is 25.2 Å². The van der Waals surface area contributed by atoms with E-state index in [2.05, 4.69) is 32.6 Å². The number of hydrogen-bond acceptors (Lipinski definition) is 5. The van der Waals surface area contributed by atoms with Crippen molar-refractivity contribution in [2.75, 3.05) is 6.54 Å². The Morgan fingerprint density at radius 2 is 2.41 bits per heavy atom. The van der Waals surface area contributed by atoms with Crippen molar-refractivity contribution in [3.63, 3.8) is 0 Å². The molecule has 1 aliphatic rings. The van der Waals surface area contributed by atoms with Crippen LogP contribution in [-0.4, -0.2) is 27.6 Å². The Bertz CT molecular complexity index is 651. The van der Waals surface area contributed by atoms with Crippen molar-refractivity contribution in [1.29, 1.82) is 0 Å². The van der Waals surface area contributed by atoms with E-state index in [0.29, 0.717) is 37.0 Å². The van der Waals surface area contributed by atoms with Crippen molar-refractivity contribution in [2.45, 2.75) is 25.7 Å². The molecule has 1 N–H and O–H groups in total. The van der Waals surface area contributed by atoms with Gasteiger partial charge in [0.15, 0.2) is 0 Å². The maximum atomic E-state index is 11.8. The lowest BCUT2D eigenvalue weighted by Gasteiger charge is -2.07. The number of pyridine rings is 1. The Kier molecular flexibility index (Phi) is 4.58. The molecule has 1 amide bonds. The molecule has 0 aliphatic heterocycles. The van der Waals surface area contributed by atoms with Crippen molar-refractivity contribution >= 4 is 5.91 Å². The van der Waals surface area contributed by atoms with Gasteiger partial charge in [0.05, 0.1) is 0 Å². The Morgan fingerprint density at radius 1 is 1.45 bits per heavy atom. The molecule has 0 saturated carbocycles. The predicted molar refractivity (Wildman–Crippen MR) is 80.7 cm³/mol. The standard InChI is InChI=1S/C16H18N4O2/c21-14(10-12-4-1-2-5-12)18-9-7-15-19-16(20-22-15)13-6-3-8-17-11-13/h1,3-4,6,8,11-12H,2,5,7,9-10H2,(H,18,21)/t12-/m0/s1. The van der Waals surface area contributed by atoms with Crippen LogP contribution in [0.5, 0.6) is 0 Å². The number of nitrogens with one attached hydrogen (secondary N) is 1. The summed E-state index contributed by atoms with van der Waals surface area (Å²) in [6, 6.07) is 3.70. The lowest BCUT2D eigenvalue weighted by atomic mass is 10.1. The van der Waals surface area contributed by atoms with Crippen LogP contribution in [0.15, 0.2) is 41.2 Å². The minimum absolute atomic E-state index is 0.0727. The van der Waals surface area contributed by atoms with Gasteiger partial charge in [-0.05, 0) is 30.9 Å². The van der Waals surface area contributed by atoms with Crippen molar-refractivity contribution in [2.24, 2.45) is 5.92 Å². The van der Waals surface area contributed by atoms with Crippen molar-refractivity contribution < 1.29 is 9.32 Å². The van der Waals surface area contributed by atoms with Crippen LogP contribution in [0.25, 0.3) is 11.4 Å². The van der Waals surface area contributed by atoms with Crippen molar-refractivity contribution in [3.8, 4) is 11.4 Å². The molecule has 0 aromatic carbocycles. The van der Waals surface area contributed by atoms with Crippen LogP contribution in [0, 0.1) is 5.92 Å². The summed E-state index contributed by atoms with van der Waals surface area (Å²) in [6.45, 7) is 0.504. The fourth-order valence-electron chi connectivity index (χ4n) is 2.45. The van der Waals surface area contributed by atoms with Crippen LogP contribution in [-0.2, 0) is 11.2 Å². The molecule has 2 aromatic heterocycles. The second-order valence-corrected chi connectivity index (χ2v) is 5.32. The first-order valence-electron chi connectivity index (χ1n) is 7.47. The molecule has 6 nitrogen and oxygen atoms in total. The van der Waals surface area contributed by atoms with E-state index in [1.165, 1.54) is 0 Å². The van der Waals surface area contributed by atoms with Crippen LogP contribution >= 0.6 is 0 Å². The highest BCUT2D eigenvalue weighted by Gasteiger charge is 2.14. The maximum absolute atomic E-state index is 11.8. The van der Waals surface area contributed by atoms with Gasteiger partial charge in [0, 0.05) is 37.3 Å². The summed E-state index contributed by atoms with van der Waals surface area (Å²) >= 11 is 0. The van der Waals surface area contributed by atoms with Crippen molar-refractivity contribution in [1.82, 2.24) is 20.4 Å². The lowest BCUT2D eigenvalue weighted by Crippen LogP contribution is -2.27. The minimum atomic E-state index is 0.0727. The monoisotopic (exact) mass is 298 g/mol. The maximum Gasteiger partial charge on any atom is 0.228 e. The van der Waals surface area contributed by atoms with Crippen molar-refractivity contribution in [3.05, 3.63) is 42.6 Å². The third kappa shape index (κ3) is 3.78. The molecule has 0 fully saturated rings. The molecule has 0 unspecified atom stereocenters. The Balaban J connectivity index is 1.45. The molecular weight excluding hydrogens is 280 g/mol. The number of allylic oxidation sites excluding steroid dienone is 2. The first-order valence-corrected chi connectivity index (χ1v) is 7.47. The number of nitrogens with zero attached hydrogens (tertiary/aromatic N) is 3. The quantitative estimate of drug-likeness (QED) is 0.826. The first-order chi connectivity index (χ1) is 10.8. The van der Waals surface area contributed by atoms with Gasteiger partial charge in [-0.15, -0.1) is 0 Å². The zero-order valence-corrected chi connectivity index (χ0v) is 12.2. The van der Waals surface area contributed by atoms with E-state index < -0.39 is 0 Å². The summed E-state index contributed by atoms with van der Waals surface area (Å²) in [6.07, 6.45) is 10.9. The summed E-state index contributed by atoms with van der Waals surface area (Å²) < 4.78 is 5.18. The number of aromatic nitrogens is 3. The average Bonchev–Trinajstić information content (AvgIpc) is 3.20. The van der Waals surface area contributed by atoms with Gasteiger partial charge in [0.1, 0.15) is 0 Å². The smallest absolute Gasteiger partial charge is 0.228 e. The van der Waals surface area contributed by atoms with Gasteiger partial charge in [-0.25, -0.2) is 0 Å². The Hall–Kier alpha value is -2.50. The predicted octanol–water partition coefficient (Wildman–Crippen LogP) is 2.15.